The van der Waals surface area contributed by atoms with E-state index in [1.165, 1.54) is 91.6 Å². The molecule has 2 heteroatoms. The molecule has 56 heavy (non-hydrogen) atoms. The standard InChI is InChI=1S/C54H35NS/c1-2-12-36(13-3-1)37-28-31-43(32-29-37)55(51-22-11-23-52-53(51)49-33-30-39-14-4-7-19-46(39)54(49)56-52)44-17-10-16-41(34-44)38-24-26-40(27-25-38)50-35-42-15-5-6-18-45(42)47-20-8-9-21-48(47)50/h1-35H. The van der Waals surface area contributed by atoms with Gasteiger partial charge in [-0.15, -0.1) is 11.3 Å². The van der Waals surface area contributed by atoms with Crippen LogP contribution in [-0.2, 0) is 0 Å². The van der Waals surface area contributed by atoms with Crippen molar-refractivity contribution in [2.75, 3.05) is 4.90 Å². The van der Waals surface area contributed by atoms with Crippen LogP contribution in [0.4, 0.5) is 17.1 Å². The van der Waals surface area contributed by atoms with E-state index in [4.69, 9.17) is 0 Å². The van der Waals surface area contributed by atoms with Gasteiger partial charge in [0.15, 0.2) is 0 Å². The van der Waals surface area contributed by atoms with E-state index in [-0.39, 0.29) is 0 Å². The van der Waals surface area contributed by atoms with E-state index in [1.54, 1.807) is 0 Å². The highest BCUT2D eigenvalue weighted by Gasteiger charge is 2.20. The van der Waals surface area contributed by atoms with Crippen molar-refractivity contribution < 1.29 is 0 Å². The van der Waals surface area contributed by atoms with Gasteiger partial charge >= 0.3 is 0 Å². The summed E-state index contributed by atoms with van der Waals surface area (Å²) < 4.78 is 2.62. The maximum Gasteiger partial charge on any atom is 0.0554 e. The molecule has 0 aliphatic heterocycles. The molecule has 11 rings (SSSR count). The van der Waals surface area contributed by atoms with E-state index in [9.17, 15) is 0 Å². The van der Waals surface area contributed by atoms with E-state index in [1.807, 2.05) is 11.3 Å². The molecule has 1 nitrogen and oxygen atoms in total. The quantitative estimate of drug-likeness (QED) is 0.154. The van der Waals surface area contributed by atoms with Gasteiger partial charge in [-0.3, -0.25) is 0 Å². The third-order valence-electron chi connectivity index (χ3n) is 11.2. The number of thiophene rings is 1. The van der Waals surface area contributed by atoms with Crippen LogP contribution >= 0.6 is 11.3 Å². The summed E-state index contributed by atoms with van der Waals surface area (Å²) in [5, 5.41) is 10.3. The number of anilines is 3. The lowest BCUT2D eigenvalue weighted by atomic mass is 9.92. The third-order valence-corrected chi connectivity index (χ3v) is 12.4. The molecule has 0 aliphatic carbocycles. The summed E-state index contributed by atoms with van der Waals surface area (Å²) in [6, 6.07) is 77.6. The van der Waals surface area contributed by atoms with Crippen LogP contribution in [0, 0.1) is 0 Å². The molecule has 0 aliphatic rings. The molecule has 0 radical (unpaired) electrons. The predicted molar refractivity (Wildman–Crippen MR) is 243 cm³/mol. The van der Waals surface area contributed by atoms with E-state index in [0.717, 1.165) is 11.4 Å². The monoisotopic (exact) mass is 729 g/mol. The molecule has 10 aromatic carbocycles. The van der Waals surface area contributed by atoms with Gasteiger partial charge in [0.05, 0.1) is 5.69 Å². The Labute approximate surface area is 330 Å². The van der Waals surface area contributed by atoms with E-state index >= 15 is 0 Å². The molecule has 1 heterocycles. The second-order valence-corrected chi connectivity index (χ2v) is 15.5. The minimum Gasteiger partial charge on any atom is -0.310 e. The van der Waals surface area contributed by atoms with Gasteiger partial charge in [0.25, 0.3) is 0 Å². The minimum absolute atomic E-state index is 1.12. The molecule has 0 bridgehead atoms. The number of rotatable bonds is 6. The van der Waals surface area contributed by atoms with Gasteiger partial charge in [-0.05, 0) is 108 Å². The minimum atomic E-state index is 1.12. The van der Waals surface area contributed by atoms with Crippen LogP contribution in [0.1, 0.15) is 0 Å². The van der Waals surface area contributed by atoms with Crippen LogP contribution < -0.4 is 4.90 Å². The van der Waals surface area contributed by atoms with Crippen molar-refractivity contribution in [3.8, 4) is 33.4 Å². The summed E-state index contributed by atoms with van der Waals surface area (Å²) >= 11 is 1.89. The maximum absolute atomic E-state index is 2.44. The smallest absolute Gasteiger partial charge is 0.0554 e. The number of fused-ring (bicyclic) bond motifs is 8. The Morgan fingerprint density at radius 1 is 0.321 bits per heavy atom. The number of benzene rings is 10. The Morgan fingerprint density at radius 3 is 1.75 bits per heavy atom. The van der Waals surface area contributed by atoms with Crippen molar-refractivity contribution in [1.29, 1.82) is 0 Å². The Bertz CT molecular complexity index is 3230. The molecular formula is C54H35NS. The molecule has 0 unspecified atom stereocenters. The SMILES string of the molecule is c1ccc(-c2ccc(N(c3cccc(-c4ccc(-c5cc6ccccc6c6ccccc56)cc4)c3)c3cccc4sc5c6ccccc6ccc5c34)cc2)cc1. The maximum atomic E-state index is 2.44. The Kier molecular flexibility index (Phi) is 7.75. The Morgan fingerprint density at radius 2 is 0.929 bits per heavy atom. The fraction of sp³-hybridized carbons (Fsp3) is 0. The zero-order valence-electron chi connectivity index (χ0n) is 30.6. The van der Waals surface area contributed by atoms with Crippen molar-refractivity contribution in [2.24, 2.45) is 0 Å². The molecule has 0 amide bonds. The Hall–Kier alpha value is -7.00. The summed E-state index contributed by atoms with van der Waals surface area (Å²) in [5.74, 6) is 0. The normalized spacial score (nSPS) is 11.6. The summed E-state index contributed by atoms with van der Waals surface area (Å²) in [4.78, 5) is 2.44. The molecular weight excluding hydrogens is 695 g/mol. The third kappa shape index (κ3) is 5.46. The van der Waals surface area contributed by atoms with Crippen LogP contribution in [-0.4, -0.2) is 0 Å². The lowest BCUT2D eigenvalue weighted by Crippen LogP contribution is -2.10. The zero-order chi connectivity index (χ0) is 37.0. The van der Waals surface area contributed by atoms with Gasteiger partial charge < -0.3 is 4.90 Å². The highest BCUT2D eigenvalue weighted by molar-refractivity contribution is 7.26. The summed E-state index contributed by atoms with van der Waals surface area (Å²) in [7, 11) is 0. The van der Waals surface area contributed by atoms with E-state index < -0.39 is 0 Å². The van der Waals surface area contributed by atoms with Gasteiger partial charge in [-0.2, -0.15) is 0 Å². The van der Waals surface area contributed by atoms with Crippen molar-refractivity contribution in [1.82, 2.24) is 0 Å². The number of nitrogens with zero attached hydrogens (tertiary/aromatic N) is 1. The van der Waals surface area contributed by atoms with Crippen LogP contribution in [0.3, 0.4) is 0 Å². The van der Waals surface area contributed by atoms with Crippen molar-refractivity contribution in [3.05, 3.63) is 212 Å². The first kappa shape index (κ1) is 32.4. The van der Waals surface area contributed by atoms with Crippen LogP contribution in [0.15, 0.2) is 212 Å². The lowest BCUT2D eigenvalue weighted by molar-refractivity contribution is 1.30. The molecule has 0 saturated carbocycles. The van der Waals surface area contributed by atoms with Gasteiger partial charge in [-0.1, -0.05) is 170 Å². The lowest BCUT2D eigenvalue weighted by Gasteiger charge is -2.27. The molecule has 0 fully saturated rings. The van der Waals surface area contributed by atoms with Gasteiger partial charge in [0, 0.05) is 31.5 Å². The largest absolute Gasteiger partial charge is 0.310 e. The molecule has 1 aromatic heterocycles. The zero-order valence-corrected chi connectivity index (χ0v) is 31.4. The van der Waals surface area contributed by atoms with E-state index in [0.29, 0.717) is 0 Å². The van der Waals surface area contributed by atoms with Crippen molar-refractivity contribution >= 4 is 80.9 Å². The summed E-state index contributed by atoms with van der Waals surface area (Å²) in [6.07, 6.45) is 0. The molecule has 0 saturated heterocycles. The van der Waals surface area contributed by atoms with Crippen molar-refractivity contribution in [2.45, 2.75) is 0 Å². The molecule has 262 valence electrons. The van der Waals surface area contributed by atoms with Crippen LogP contribution in [0.2, 0.25) is 0 Å². The first-order valence-corrected chi connectivity index (χ1v) is 20.0. The number of hydrogen-bond acceptors (Lipinski definition) is 2. The predicted octanol–water partition coefficient (Wildman–Crippen LogP) is 16.0. The average Bonchev–Trinajstić information content (AvgIpc) is 3.67. The molecule has 0 spiro atoms. The van der Waals surface area contributed by atoms with E-state index in [2.05, 4.69) is 217 Å². The first-order valence-electron chi connectivity index (χ1n) is 19.2. The van der Waals surface area contributed by atoms with Gasteiger partial charge in [-0.25, -0.2) is 0 Å². The fourth-order valence-corrected chi connectivity index (χ4v) is 9.80. The van der Waals surface area contributed by atoms with Crippen LogP contribution in [0.25, 0.3) is 85.9 Å². The van der Waals surface area contributed by atoms with Crippen molar-refractivity contribution in [3.63, 3.8) is 0 Å². The van der Waals surface area contributed by atoms with Crippen LogP contribution in [0.5, 0.6) is 0 Å². The summed E-state index contributed by atoms with van der Waals surface area (Å²) in [6.45, 7) is 0. The number of hydrogen-bond donors (Lipinski definition) is 0. The fourth-order valence-electron chi connectivity index (χ4n) is 8.54. The topological polar surface area (TPSA) is 3.24 Å². The summed E-state index contributed by atoms with van der Waals surface area (Å²) in [5.41, 5.74) is 10.7. The Balaban J connectivity index is 1.05. The molecule has 11 aromatic rings. The first-order chi connectivity index (χ1) is 27.8. The average molecular weight is 730 g/mol. The highest BCUT2D eigenvalue weighted by Crippen LogP contribution is 2.47. The van der Waals surface area contributed by atoms with Gasteiger partial charge in [0.1, 0.15) is 0 Å². The molecule has 0 atom stereocenters. The highest BCUT2D eigenvalue weighted by atomic mass is 32.1. The molecule has 0 N–H and O–H groups in total. The van der Waals surface area contributed by atoms with Gasteiger partial charge in [0.2, 0.25) is 0 Å². The second-order valence-electron chi connectivity index (χ2n) is 14.5. The second kappa shape index (κ2) is 13.4.